The molecule has 1 N–H and O–H groups in total. The lowest BCUT2D eigenvalue weighted by Gasteiger charge is -2.22. The zero-order valence-electron chi connectivity index (χ0n) is 17.8. The van der Waals surface area contributed by atoms with Gasteiger partial charge in [0, 0.05) is 26.2 Å². The number of aryl methyl sites for hydroxylation is 1. The van der Waals surface area contributed by atoms with Crippen LogP contribution in [0.5, 0.6) is 0 Å². The van der Waals surface area contributed by atoms with Crippen molar-refractivity contribution in [2.75, 3.05) is 33.3 Å². The maximum absolute atomic E-state index is 12.9. The van der Waals surface area contributed by atoms with Gasteiger partial charge in [0.05, 0.1) is 29.6 Å². The molecule has 0 atom stereocenters. The first-order valence-corrected chi connectivity index (χ1v) is 11.4. The van der Waals surface area contributed by atoms with Crippen molar-refractivity contribution >= 4 is 45.0 Å². The second-order valence-electron chi connectivity index (χ2n) is 7.64. The van der Waals surface area contributed by atoms with Crippen molar-refractivity contribution < 1.29 is 14.3 Å². The zero-order chi connectivity index (χ0) is 22.8. The van der Waals surface area contributed by atoms with Gasteiger partial charge >= 0.3 is 5.97 Å². The fraction of sp³-hybridized carbons (Fsp3) is 0.364. The van der Waals surface area contributed by atoms with Gasteiger partial charge in [0.25, 0.3) is 11.5 Å². The number of methoxy groups -OCH3 is 1. The van der Waals surface area contributed by atoms with Crippen LogP contribution >= 0.6 is 22.9 Å². The summed E-state index contributed by atoms with van der Waals surface area (Å²) in [6, 6.07) is 7.06. The van der Waals surface area contributed by atoms with E-state index in [4.69, 9.17) is 16.3 Å². The average molecular weight is 475 g/mol. The van der Waals surface area contributed by atoms with Crippen LogP contribution in [0, 0.1) is 6.92 Å². The van der Waals surface area contributed by atoms with Gasteiger partial charge in [0.15, 0.2) is 0 Å². The lowest BCUT2D eigenvalue weighted by atomic mass is 10.2. The Balaban J connectivity index is 1.49. The van der Waals surface area contributed by atoms with Crippen molar-refractivity contribution in [3.05, 3.63) is 61.5 Å². The molecule has 1 fully saturated rings. The van der Waals surface area contributed by atoms with Crippen molar-refractivity contribution in [3.8, 4) is 0 Å². The van der Waals surface area contributed by atoms with E-state index in [1.807, 2.05) is 4.90 Å². The monoisotopic (exact) mass is 474 g/mol. The van der Waals surface area contributed by atoms with Crippen LogP contribution < -0.4 is 5.56 Å². The highest BCUT2D eigenvalue weighted by Crippen LogP contribution is 2.27. The molecule has 3 aromatic rings. The molecule has 10 heteroatoms. The van der Waals surface area contributed by atoms with E-state index < -0.39 is 5.97 Å². The van der Waals surface area contributed by atoms with E-state index in [0.717, 1.165) is 24.3 Å². The molecule has 3 heterocycles. The van der Waals surface area contributed by atoms with E-state index >= 15 is 0 Å². The van der Waals surface area contributed by atoms with Crippen LogP contribution in [0.15, 0.2) is 29.1 Å². The van der Waals surface area contributed by atoms with Gasteiger partial charge in [0.2, 0.25) is 0 Å². The van der Waals surface area contributed by atoms with Gasteiger partial charge in [-0.25, -0.2) is 9.78 Å². The van der Waals surface area contributed by atoms with Crippen LogP contribution in [0.2, 0.25) is 5.02 Å². The predicted octanol–water partition coefficient (Wildman–Crippen LogP) is 3.08. The normalized spacial score (nSPS) is 15.0. The second-order valence-corrected chi connectivity index (χ2v) is 9.05. The van der Waals surface area contributed by atoms with Crippen molar-refractivity contribution in [1.82, 2.24) is 19.8 Å². The summed E-state index contributed by atoms with van der Waals surface area (Å²) in [5.41, 5.74) is 0.827. The van der Waals surface area contributed by atoms with E-state index in [-0.39, 0.29) is 11.5 Å². The molecule has 32 heavy (non-hydrogen) atoms. The molecule has 8 nitrogen and oxygen atoms in total. The number of carbonyl (C=O) groups is 2. The summed E-state index contributed by atoms with van der Waals surface area (Å²) >= 11 is 7.36. The number of carbonyl (C=O) groups excluding carboxylic acids is 2. The van der Waals surface area contributed by atoms with E-state index in [2.05, 4.69) is 14.9 Å². The molecule has 0 spiro atoms. The molecule has 1 aliphatic rings. The average Bonchev–Trinajstić information content (AvgIpc) is 2.95. The largest absolute Gasteiger partial charge is 0.465 e. The third kappa shape index (κ3) is 4.41. The number of ether oxygens (including phenoxy) is 1. The number of halogens is 1. The van der Waals surface area contributed by atoms with E-state index in [1.54, 1.807) is 31.2 Å². The molecule has 1 saturated heterocycles. The van der Waals surface area contributed by atoms with Crippen molar-refractivity contribution in [2.45, 2.75) is 19.9 Å². The zero-order valence-corrected chi connectivity index (χ0v) is 19.4. The molecule has 2 aromatic heterocycles. The fourth-order valence-electron chi connectivity index (χ4n) is 3.90. The van der Waals surface area contributed by atoms with Crippen LogP contribution in [0.3, 0.4) is 0 Å². The third-order valence-electron chi connectivity index (χ3n) is 5.57. The highest BCUT2D eigenvalue weighted by molar-refractivity contribution is 7.20. The van der Waals surface area contributed by atoms with Gasteiger partial charge in [-0.1, -0.05) is 23.7 Å². The Hall–Kier alpha value is -2.75. The number of amides is 1. The van der Waals surface area contributed by atoms with Gasteiger partial charge in [-0.15, -0.1) is 11.3 Å². The Kier molecular flexibility index (Phi) is 6.59. The van der Waals surface area contributed by atoms with Crippen LogP contribution in [0.1, 0.15) is 37.8 Å². The number of thiophene rings is 1. The van der Waals surface area contributed by atoms with Gasteiger partial charge < -0.3 is 14.6 Å². The molecule has 0 radical (unpaired) electrons. The maximum atomic E-state index is 12.9. The number of hydrogen-bond acceptors (Lipinski definition) is 7. The van der Waals surface area contributed by atoms with Gasteiger partial charge in [0.1, 0.15) is 15.5 Å². The van der Waals surface area contributed by atoms with Crippen LogP contribution in [0.4, 0.5) is 0 Å². The summed E-state index contributed by atoms with van der Waals surface area (Å²) in [6.07, 6.45) is 0.799. The molecular formula is C22H23ClN4O4S. The van der Waals surface area contributed by atoms with Gasteiger partial charge in [-0.2, -0.15) is 0 Å². The minimum absolute atomic E-state index is 0.0743. The van der Waals surface area contributed by atoms with Crippen LogP contribution in [0.25, 0.3) is 10.2 Å². The first kappa shape index (κ1) is 22.4. The Morgan fingerprint density at radius 2 is 2.00 bits per heavy atom. The van der Waals surface area contributed by atoms with E-state index in [9.17, 15) is 14.4 Å². The Morgan fingerprint density at radius 3 is 2.75 bits per heavy atom. The molecule has 0 aliphatic carbocycles. The lowest BCUT2D eigenvalue weighted by Crippen LogP contribution is -2.35. The highest BCUT2D eigenvalue weighted by Gasteiger charge is 2.23. The van der Waals surface area contributed by atoms with Crippen LogP contribution in [-0.4, -0.2) is 64.9 Å². The molecule has 0 unspecified atom stereocenters. The fourth-order valence-corrected chi connectivity index (χ4v) is 5.24. The van der Waals surface area contributed by atoms with E-state index in [1.165, 1.54) is 7.11 Å². The number of nitrogens with one attached hydrogen (secondary N) is 1. The summed E-state index contributed by atoms with van der Waals surface area (Å²) in [4.78, 5) is 49.8. The topological polar surface area (TPSA) is 95.6 Å². The molecule has 0 saturated carbocycles. The Labute approximate surface area is 193 Å². The number of fused-ring (bicyclic) bond motifs is 1. The SMILES string of the molecule is COC(=O)c1sc2nc(CN3CCCN(C(=O)c4ccccc4Cl)CC3)[nH]c(=O)c2c1C. The smallest absolute Gasteiger partial charge is 0.348 e. The van der Waals surface area contributed by atoms with E-state index in [0.29, 0.717) is 63.2 Å². The second kappa shape index (κ2) is 9.40. The van der Waals surface area contributed by atoms with Crippen molar-refractivity contribution in [2.24, 2.45) is 0 Å². The molecule has 1 aliphatic heterocycles. The molecule has 168 valence electrons. The molecular weight excluding hydrogens is 452 g/mol. The first-order valence-electron chi connectivity index (χ1n) is 10.3. The summed E-state index contributed by atoms with van der Waals surface area (Å²) in [7, 11) is 1.31. The Bertz CT molecular complexity index is 1240. The van der Waals surface area contributed by atoms with Gasteiger partial charge in [-0.05, 0) is 31.0 Å². The molecule has 0 bridgehead atoms. The van der Waals surface area contributed by atoms with Crippen molar-refractivity contribution in [1.29, 1.82) is 0 Å². The quantitative estimate of drug-likeness (QED) is 0.584. The Morgan fingerprint density at radius 1 is 1.22 bits per heavy atom. The summed E-state index contributed by atoms with van der Waals surface area (Å²) in [6.45, 7) is 4.78. The van der Waals surface area contributed by atoms with Crippen LogP contribution in [-0.2, 0) is 11.3 Å². The number of nitrogens with zero attached hydrogens (tertiary/aromatic N) is 3. The number of H-pyrrole nitrogens is 1. The number of rotatable bonds is 4. The molecule has 1 aromatic carbocycles. The number of esters is 1. The number of hydrogen-bond donors (Lipinski definition) is 1. The highest BCUT2D eigenvalue weighted by atomic mass is 35.5. The predicted molar refractivity (Wildman–Crippen MR) is 124 cm³/mol. The maximum Gasteiger partial charge on any atom is 0.348 e. The number of benzene rings is 1. The number of aromatic amines is 1. The lowest BCUT2D eigenvalue weighted by molar-refractivity contribution is 0.0605. The minimum Gasteiger partial charge on any atom is -0.465 e. The minimum atomic E-state index is -0.470. The summed E-state index contributed by atoms with van der Waals surface area (Å²) < 4.78 is 4.80. The molecule has 1 amide bonds. The summed E-state index contributed by atoms with van der Waals surface area (Å²) in [5, 5.41) is 0.873. The number of aromatic nitrogens is 2. The standard InChI is InChI=1S/C22H23ClN4O4S/c1-13-17-19(28)24-16(25-20(17)32-18(13)22(30)31-2)12-26-8-5-9-27(11-10-26)21(29)14-6-3-4-7-15(14)23/h3-4,6-7H,5,8-12H2,1-2H3,(H,24,25,28). The first-order chi connectivity index (χ1) is 15.4. The van der Waals surface area contributed by atoms with Crippen molar-refractivity contribution in [3.63, 3.8) is 0 Å². The third-order valence-corrected chi connectivity index (χ3v) is 7.07. The molecule has 4 rings (SSSR count). The van der Waals surface area contributed by atoms with Gasteiger partial charge in [-0.3, -0.25) is 14.5 Å². The summed E-state index contributed by atoms with van der Waals surface area (Å²) in [5.74, 6) is -0.0110.